The van der Waals surface area contributed by atoms with Crippen LogP contribution < -0.4 is 0 Å². The van der Waals surface area contributed by atoms with Gasteiger partial charge in [-0.1, -0.05) is 15.9 Å². The zero-order valence-corrected chi connectivity index (χ0v) is 12.8. The Hall–Kier alpha value is -0.890. The molecule has 102 valence electrons. The number of alkyl halides is 1. The summed E-state index contributed by atoms with van der Waals surface area (Å²) in [5.74, 6) is -1.19. The number of esters is 1. The van der Waals surface area contributed by atoms with Gasteiger partial charge in [0.2, 0.25) is 5.91 Å². The van der Waals surface area contributed by atoms with E-state index in [9.17, 15) is 18.0 Å². The first-order chi connectivity index (χ1) is 8.12. The normalized spacial score (nSPS) is 23.4. The van der Waals surface area contributed by atoms with Gasteiger partial charge in [-0.15, -0.1) is 0 Å². The highest BCUT2D eigenvalue weighted by Gasteiger charge is 2.54. The van der Waals surface area contributed by atoms with E-state index in [-0.39, 0.29) is 5.70 Å². The van der Waals surface area contributed by atoms with E-state index in [1.165, 1.54) is 7.11 Å². The summed E-state index contributed by atoms with van der Waals surface area (Å²) in [4.78, 5) is 23.5. The summed E-state index contributed by atoms with van der Waals surface area (Å²) in [5.41, 5.74) is 0.497. The number of rotatable bonds is 3. The number of methoxy groups -OCH3 is 1. The predicted octanol–water partition coefficient (Wildman–Crippen LogP) is 0.430. The lowest BCUT2D eigenvalue weighted by Crippen LogP contribution is -2.65. The van der Waals surface area contributed by atoms with E-state index in [0.717, 1.165) is 11.2 Å². The molecule has 18 heavy (non-hydrogen) atoms. The fraction of sp³-hybridized carbons (Fsp3) is 0.600. The number of hydrogen-bond acceptors (Lipinski definition) is 5. The summed E-state index contributed by atoms with van der Waals surface area (Å²) in [5, 5.41) is -1.08. The molecule has 0 aliphatic carbocycles. The highest BCUT2D eigenvalue weighted by atomic mass is 79.9. The van der Waals surface area contributed by atoms with E-state index in [1.54, 1.807) is 13.8 Å². The van der Waals surface area contributed by atoms with Crippen molar-refractivity contribution in [2.75, 3.05) is 13.4 Å². The van der Waals surface area contributed by atoms with Crippen LogP contribution >= 0.6 is 15.9 Å². The summed E-state index contributed by atoms with van der Waals surface area (Å²) in [6.07, 6.45) is 1.02. The van der Waals surface area contributed by atoms with Crippen LogP contribution in [0.5, 0.6) is 0 Å². The number of amides is 1. The molecule has 1 aliphatic heterocycles. The minimum absolute atomic E-state index is 0.0198. The molecule has 0 unspecified atom stereocenters. The lowest BCUT2D eigenvalue weighted by atomic mass is 10.1. The molecule has 8 heteroatoms. The zero-order valence-electron chi connectivity index (χ0n) is 10.4. The molecule has 1 rings (SSSR count). The van der Waals surface area contributed by atoms with Crippen molar-refractivity contribution in [3.8, 4) is 0 Å². The van der Waals surface area contributed by atoms with Gasteiger partial charge in [-0.05, 0) is 19.4 Å². The molecule has 1 amide bonds. The lowest BCUT2D eigenvalue weighted by molar-refractivity contribution is -0.147. The number of carbonyl (C=O) groups excluding carboxylic acids is 2. The molecule has 0 bridgehead atoms. The fourth-order valence-electron chi connectivity index (χ4n) is 1.71. The van der Waals surface area contributed by atoms with Crippen molar-refractivity contribution < 1.29 is 22.7 Å². The van der Waals surface area contributed by atoms with Crippen LogP contribution in [0.15, 0.2) is 11.3 Å². The molecule has 0 saturated carbocycles. The Morgan fingerprint density at radius 1 is 1.39 bits per heavy atom. The second kappa shape index (κ2) is 5.00. The first-order valence-corrected chi connectivity index (χ1v) is 7.91. The van der Waals surface area contributed by atoms with Gasteiger partial charge in [-0.25, -0.2) is 13.2 Å². The van der Waals surface area contributed by atoms with E-state index >= 15 is 0 Å². The third kappa shape index (κ3) is 2.44. The van der Waals surface area contributed by atoms with Gasteiger partial charge in [-0.3, -0.25) is 9.69 Å². The minimum Gasteiger partial charge on any atom is -0.464 e. The minimum atomic E-state index is -3.50. The molecule has 1 aliphatic rings. The van der Waals surface area contributed by atoms with E-state index in [1.807, 2.05) is 0 Å². The average Bonchev–Trinajstić information content (AvgIpc) is 2.24. The van der Waals surface area contributed by atoms with E-state index in [4.69, 9.17) is 0 Å². The van der Waals surface area contributed by atoms with Gasteiger partial charge in [0.25, 0.3) is 0 Å². The van der Waals surface area contributed by atoms with Gasteiger partial charge in [0.15, 0.2) is 15.2 Å². The van der Waals surface area contributed by atoms with Gasteiger partial charge in [0.1, 0.15) is 10.5 Å². The third-order valence-electron chi connectivity index (χ3n) is 2.51. The number of ether oxygens (including phenoxy) is 1. The Labute approximate surface area is 114 Å². The van der Waals surface area contributed by atoms with Crippen LogP contribution in [-0.2, 0) is 24.2 Å². The number of β-lactam (4-membered cyclic amide) rings is 1. The maximum absolute atomic E-state index is 11.8. The molecule has 0 spiro atoms. The highest BCUT2D eigenvalue weighted by Crippen LogP contribution is 2.35. The largest absolute Gasteiger partial charge is 0.464 e. The Morgan fingerprint density at radius 2 is 1.89 bits per heavy atom. The van der Waals surface area contributed by atoms with E-state index in [0.29, 0.717) is 5.57 Å². The maximum atomic E-state index is 11.8. The van der Waals surface area contributed by atoms with E-state index < -0.39 is 31.9 Å². The molecule has 0 radical (unpaired) electrons. The van der Waals surface area contributed by atoms with Crippen LogP contribution in [0.1, 0.15) is 13.8 Å². The van der Waals surface area contributed by atoms with Gasteiger partial charge in [-0.2, -0.15) is 0 Å². The first kappa shape index (κ1) is 15.2. The zero-order chi connectivity index (χ0) is 14.2. The van der Waals surface area contributed by atoms with Gasteiger partial charge >= 0.3 is 5.97 Å². The topological polar surface area (TPSA) is 80.8 Å². The second-order valence-corrected chi connectivity index (χ2v) is 7.30. The molecule has 1 saturated heterocycles. The number of halogens is 1. The van der Waals surface area contributed by atoms with Crippen LogP contribution in [-0.4, -0.2) is 48.8 Å². The molecule has 0 aromatic carbocycles. The quantitative estimate of drug-likeness (QED) is 0.322. The Kier molecular flexibility index (Phi) is 4.22. The van der Waals surface area contributed by atoms with Gasteiger partial charge in [0.05, 0.1) is 7.11 Å². The van der Waals surface area contributed by atoms with Crippen molar-refractivity contribution >= 4 is 37.6 Å². The highest BCUT2D eigenvalue weighted by molar-refractivity contribution is 9.10. The van der Waals surface area contributed by atoms with Crippen molar-refractivity contribution in [1.29, 1.82) is 0 Å². The maximum Gasteiger partial charge on any atom is 0.354 e. The van der Waals surface area contributed by atoms with Crippen LogP contribution in [0.25, 0.3) is 0 Å². The Morgan fingerprint density at radius 3 is 2.22 bits per heavy atom. The summed E-state index contributed by atoms with van der Waals surface area (Å²) in [6.45, 7) is 3.22. The fourth-order valence-corrected chi connectivity index (χ4v) is 4.49. The summed E-state index contributed by atoms with van der Waals surface area (Å²) in [7, 11) is -2.32. The standard InChI is InChI=1S/C10H14BrNO5S/c1-5(2)7(10(14)17-3)12-8(13)6(11)9(12)18(4,15)16/h6,9H,1-4H3/t6-,9-/m1/s1. The lowest BCUT2D eigenvalue weighted by Gasteiger charge is -2.43. The molecule has 0 aromatic rings. The first-order valence-electron chi connectivity index (χ1n) is 5.04. The molecule has 2 atom stereocenters. The van der Waals surface area contributed by atoms with Gasteiger partial charge < -0.3 is 4.74 Å². The molecular formula is C10H14BrNO5S. The second-order valence-electron chi connectivity index (χ2n) is 4.17. The van der Waals surface area contributed by atoms with Crippen molar-refractivity contribution in [2.24, 2.45) is 0 Å². The Balaban J connectivity index is 3.26. The number of likely N-dealkylation sites (tertiary alicyclic amines) is 1. The number of allylic oxidation sites excluding steroid dienone is 1. The van der Waals surface area contributed by atoms with Crippen LogP contribution in [0.4, 0.5) is 0 Å². The van der Waals surface area contributed by atoms with Crippen LogP contribution in [0, 0.1) is 0 Å². The average molecular weight is 340 g/mol. The molecular weight excluding hydrogens is 326 g/mol. The van der Waals surface area contributed by atoms with Crippen molar-refractivity contribution in [1.82, 2.24) is 4.90 Å². The number of carbonyl (C=O) groups is 2. The van der Waals surface area contributed by atoms with Crippen molar-refractivity contribution in [2.45, 2.75) is 24.0 Å². The van der Waals surface area contributed by atoms with Crippen molar-refractivity contribution in [3.05, 3.63) is 11.3 Å². The Bertz CT molecular complexity index is 520. The summed E-state index contributed by atoms with van der Waals surface area (Å²) >= 11 is 3.01. The van der Waals surface area contributed by atoms with Crippen molar-refractivity contribution in [3.63, 3.8) is 0 Å². The third-order valence-corrected chi connectivity index (χ3v) is 5.11. The molecule has 1 heterocycles. The molecule has 0 aromatic heterocycles. The smallest absolute Gasteiger partial charge is 0.354 e. The monoisotopic (exact) mass is 339 g/mol. The van der Waals surface area contributed by atoms with Gasteiger partial charge in [0, 0.05) is 6.26 Å². The summed E-state index contributed by atoms with van der Waals surface area (Å²) < 4.78 is 27.8. The number of sulfone groups is 1. The van der Waals surface area contributed by atoms with Crippen LogP contribution in [0.2, 0.25) is 0 Å². The summed E-state index contributed by atoms with van der Waals surface area (Å²) in [6, 6.07) is 0. The predicted molar refractivity (Wildman–Crippen MR) is 68.6 cm³/mol. The molecule has 6 nitrogen and oxygen atoms in total. The molecule has 0 N–H and O–H groups in total. The number of hydrogen-bond donors (Lipinski definition) is 0. The van der Waals surface area contributed by atoms with Crippen LogP contribution in [0.3, 0.4) is 0 Å². The number of nitrogens with zero attached hydrogens (tertiary/aromatic N) is 1. The van der Waals surface area contributed by atoms with E-state index in [2.05, 4.69) is 20.7 Å². The SMILES string of the molecule is COC(=O)C(=C(C)C)N1C(=O)[C@@H](Br)[C@H]1S(C)(=O)=O. The molecule has 1 fully saturated rings.